The number of hydrogen-bond acceptors (Lipinski definition) is 4. The molecule has 2 aliphatic rings. The molecule has 148 valence electrons. The molecule has 6 heteroatoms. The van der Waals surface area contributed by atoms with Gasteiger partial charge in [-0.3, -0.25) is 9.69 Å². The van der Waals surface area contributed by atoms with Crippen LogP contribution in [0.2, 0.25) is 0 Å². The van der Waals surface area contributed by atoms with Crippen LogP contribution in [-0.2, 0) is 13.1 Å². The highest BCUT2D eigenvalue weighted by Crippen LogP contribution is 2.31. The topological polar surface area (TPSA) is 53.4 Å². The Labute approximate surface area is 170 Å². The summed E-state index contributed by atoms with van der Waals surface area (Å²) in [7, 11) is 0. The van der Waals surface area contributed by atoms with Gasteiger partial charge in [0, 0.05) is 32.7 Å². The number of amides is 1. The molecule has 0 aliphatic carbocycles. The number of nitrogens with zero attached hydrogens (tertiary/aromatic N) is 4. The van der Waals surface area contributed by atoms with E-state index in [0.717, 1.165) is 45.1 Å². The molecule has 0 radical (unpaired) electrons. The van der Waals surface area contributed by atoms with E-state index in [0.29, 0.717) is 5.56 Å². The predicted octanol–water partition coefficient (Wildman–Crippen LogP) is 3.01. The Bertz CT molecular complexity index is 977. The number of piperazine rings is 1. The molecule has 0 saturated carbocycles. The van der Waals surface area contributed by atoms with Crippen molar-refractivity contribution in [1.82, 2.24) is 19.6 Å². The van der Waals surface area contributed by atoms with Crippen LogP contribution in [0.1, 0.15) is 27.5 Å². The molecule has 2 aromatic carbocycles. The van der Waals surface area contributed by atoms with Crippen molar-refractivity contribution < 1.29 is 4.79 Å². The molecule has 1 saturated heterocycles. The predicted molar refractivity (Wildman–Crippen MR) is 113 cm³/mol. The molecule has 0 bridgehead atoms. The molecule has 1 fully saturated rings. The molecule has 1 N–H and O–H groups in total. The second-order valence-electron chi connectivity index (χ2n) is 7.75. The minimum atomic E-state index is 0.0758. The number of rotatable bonds is 4. The van der Waals surface area contributed by atoms with E-state index in [2.05, 4.69) is 51.7 Å². The van der Waals surface area contributed by atoms with E-state index in [9.17, 15) is 4.79 Å². The number of carbonyl (C=O) groups excluding carboxylic acids is 1. The SMILES string of the molecule is O=C(c1cnn2c1NC(c1ccccc1)C2)N1CCN(Cc2ccccc2)CC1. The van der Waals surface area contributed by atoms with Gasteiger partial charge in [0.25, 0.3) is 5.91 Å². The lowest BCUT2D eigenvalue weighted by Gasteiger charge is -2.34. The Kier molecular flexibility index (Phi) is 4.77. The monoisotopic (exact) mass is 387 g/mol. The van der Waals surface area contributed by atoms with Gasteiger partial charge in [-0.2, -0.15) is 5.10 Å². The average molecular weight is 387 g/mol. The standard InChI is InChI=1S/C23H25N5O/c29-23(27-13-11-26(12-14-27)16-18-7-3-1-4-8-18)20-15-24-28-17-21(25-22(20)28)19-9-5-2-6-10-19/h1-10,15,21,25H,11-14,16-17H2. The highest BCUT2D eigenvalue weighted by molar-refractivity contribution is 5.99. The maximum absolute atomic E-state index is 13.1. The fourth-order valence-corrected chi connectivity index (χ4v) is 4.21. The van der Waals surface area contributed by atoms with Crippen molar-refractivity contribution in [1.29, 1.82) is 0 Å². The Balaban J connectivity index is 1.22. The quantitative estimate of drug-likeness (QED) is 0.748. The van der Waals surface area contributed by atoms with Crippen LogP contribution < -0.4 is 5.32 Å². The lowest BCUT2D eigenvalue weighted by molar-refractivity contribution is 0.0629. The summed E-state index contributed by atoms with van der Waals surface area (Å²) >= 11 is 0. The maximum Gasteiger partial charge on any atom is 0.259 e. The lowest BCUT2D eigenvalue weighted by Crippen LogP contribution is -2.48. The zero-order chi connectivity index (χ0) is 19.6. The van der Waals surface area contributed by atoms with Gasteiger partial charge in [-0.15, -0.1) is 0 Å². The molecule has 3 aromatic rings. The minimum Gasteiger partial charge on any atom is -0.361 e. The third-order valence-electron chi connectivity index (χ3n) is 5.85. The van der Waals surface area contributed by atoms with E-state index in [1.54, 1.807) is 6.20 Å². The zero-order valence-corrected chi connectivity index (χ0v) is 16.4. The van der Waals surface area contributed by atoms with Crippen molar-refractivity contribution >= 4 is 11.7 Å². The van der Waals surface area contributed by atoms with Crippen molar-refractivity contribution in [3.05, 3.63) is 83.6 Å². The summed E-state index contributed by atoms with van der Waals surface area (Å²) in [5, 5.41) is 7.96. The first-order valence-corrected chi connectivity index (χ1v) is 10.2. The van der Waals surface area contributed by atoms with E-state index in [1.165, 1.54) is 11.1 Å². The third-order valence-corrected chi connectivity index (χ3v) is 5.85. The fourth-order valence-electron chi connectivity index (χ4n) is 4.21. The van der Waals surface area contributed by atoms with Crippen LogP contribution in [0.25, 0.3) is 0 Å². The van der Waals surface area contributed by atoms with Crippen LogP contribution in [0.4, 0.5) is 5.82 Å². The van der Waals surface area contributed by atoms with Crippen molar-refractivity contribution in [3.63, 3.8) is 0 Å². The van der Waals surface area contributed by atoms with Crippen molar-refractivity contribution in [2.45, 2.75) is 19.1 Å². The normalized spacial score (nSPS) is 19.0. The van der Waals surface area contributed by atoms with Gasteiger partial charge in [0.2, 0.25) is 0 Å². The van der Waals surface area contributed by atoms with Crippen LogP contribution in [0.5, 0.6) is 0 Å². The highest BCUT2D eigenvalue weighted by atomic mass is 16.2. The van der Waals surface area contributed by atoms with Crippen molar-refractivity contribution in [2.24, 2.45) is 0 Å². The smallest absolute Gasteiger partial charge is 0.259 e. The van der Waals surface area contributed by atoms with Gasteiger partial charge in [-0.25, -0.2) is 4.68 Å². The molecule has 1 aromatic heterocycles. The number of benzene rings is 2. The molecule has 1 amide bonds. The molecule has 1 unspecified atom stereocenters. The average Bonchev–Trinajstić information content (AvgIpc) is 3.36. The molecular formula is C23H25N5O. The zero-order valence-electron chi connectivity index (χ0n) is 16.4. The van der Waals surface area contributed by atoms with Gasteiger partial charge < -0.3 is 10.2 Å². The Hall–Kier alpha value is -3.12. The largest absolute Gasteiger partial charge is 0.361 e. The number of carbonyl (C=O) groups is 1. The van der Waals surface area contributed by atoms with E-state index in [4.69, 9.17) is 0 Å². The molecule has 1 atom stereocenters. The van der Waals surface area contributed by atoms with Gasteiger partial charge in [0.05, 0.1) is 18.8 Å². The summed E-state index contributed by atoms with van der Waals surface area (Å²) in [6.45, 7) is 4.97. The fraction of sp³-hybridized carbons (Fsp3) is 0.304. The van der Waals surface area contributed by atoms with Gasteiger partial charge in [-0.05, 0) is 11.1 Å². The summed E-state index contributed by atoms with van der Waals surface area (Å²) in [6.07, 6.45) is 1.71. The van der Waals surface area contributed by atoms with Crippen molar-refractivity contribution in [2.75, 3.05) is 31.5 Å². The lowest BCUT2D eigenvalue weighted by atomic mass is 10.1. The molecule has 2 aliphatic heterocycles. The first-order valence-electron chi connectivity index (χ1n) is 10.2. The van der Waals surface area contributed by atoms with Gasteiger partial charge >= 0.3 is 0 Å². The van der Waals surface area contributed by atoms with E-state index in [1.807, 2.05) is 33.8 Å². The van der Waals surface area contributed by atoms with Crippen LogP contribution in [0, 0.1) is 0 Å². The van der Waals surface area contributed by atoms with E-state index < -0.39 is 0 Å². The summed E-state index contributed by atoms with van der Waals surface area (Å²) in [6, 6.07) is 21.0. The number of hydrogen-bond donors (Lipinski definition) is 1. The van der Waals surface area contributed by atoms with Gasteiger partial charge in [-0.1, -0.05) is 60.7 Å². The van der Waals surface area contributed by atoms with Crippen LogP contribution in [0.15, 0.2) is 66.9 Å². The minimum absolute atomic E-state index is 0.0758. The van der Waals surface area contributed by atoms with Gasteiger partial charge in [0.15, 0.2) is 0 Å². The molecule has 3 heterocycles. The maximum atomic E-state index is 13.1. The highest BCUT2D eigenvalue weighted by Gasteiger charge is 2.31. The second-order valence-corrected chi connectivity index (χ2v) is 7.75. The summed E-state index contributed by atoms with van der Waals surface area (Å²) < 4.78 is 1.91. The summed E-state index contributed by atoms with van der Waals surface area (Å²) in [5.41, 5.74) is 3.21. The number of aromatic nitrogens is 2. The molecule has 29 heavy (non-hydrogen) atoms. The summed E-state index contributed by atoms with van der Waals surface area (Å²) in [5.74, 6) is 0.919. The Morgan fingerprint density at radius 1 is 0.966 bits per heavy atom. The first kappa shape index (κ1) is 17.9. The van der Waals surface area contributed by atoms with Crippen molar-refractivity contribution in [3.8, 4) is 0 Å². The van der Waals surface area contributed by atoms with Gasteiger partial charge in [0.1, 0.15) is 11.4 Å². The van der Waals surface area contributed by atoms with E-state index in [-0.39, 0.29) is 11.9 Å². The Morgan fingerprint density at radius 3 is 2.38 bits per heavy atom. The van der Waals surface area contributed by atoms with Crippen LogP contribution >= 0.6 is 0 Å². The molecule has 6 nitrogen and oxygen atoms in total. The molecular weight excluding hydrogens is 362 g/mol. The Morgan fingerprint density at radius 2 is 1.66 bits per heavy atom. The number of fused-ring (bicyclic) bond motifs is 1. The van der Waals surface area contributed by atoms with Crippen LogP contribution in [0.3, 0.4) is 0 Å². The second kappa shape index (κ2) is 7.72. The molecule has 0 spiro atoms. The first-order chi connectivity index (χ1) is 14.3. The third kappa shape index (κ3) is 3.63. The number of nitrogens with one attached hydrogen (secondary N) is 1. The summed E-state index contributed by atoms with van der Waals surface area (Å²) in [4.78, 5) is 17.5. The van der Waals surface area contributed by atoms with Crippen LogP contribution in [-0.4, -0.2) is 51.7 Å². The number of anilines is 1. The van der Waals surface area contributed by atoms with E-state index >= 15 is 0 Å². The molecule has 5 rings (SSSR count).